The summed E-state index contributed by atoms with van der Waals surface area (Å²) in [5.74, 6) is 0.356. The molecule has 0 spiro atoms. The van der Waals surface area contributed by atoms with E-state index in [-0.39, 0.29) is 4.90 Å². The summed E-state index contributed by atoms with van der Waals surface area (Å²) in [7, 11) is -7.02. The summed E-state index contributed by atoms with van der Waals surface area (Å²) >= 11 is 1.55. The van der Waals surface area contributed by atoms with Crippen molar-refractivity contribution in [3.05, 3.63) is 35.7 Å². The molecule has 0 atom stereocenters. The monoisotopic (exact) mass is 454 g/mol. The van der Waals surface area contributed by atoms with Crippen molar-refractivity contribution in [2.75, 3.05) is 44.3 Å². The molecule has 0 aliphatic carbocycles. The average Bonchev–Trinajstić information content (AvgIpc) is 3.07. The van der Waals surface area contributed by atoms with Crippen LogP contribution < -0.4 is 5.32 Å². The lowest BCUT2D eigenvalue weighted by Crippen LogP contribution is -2.38. The summed E-state index contributed by atoms with van der Waals surface area (Å²) in [5, 5.41) is 5.08. The largest absolute Gasteiger partial charge is 0.341 e. The van der Waals surface area contributed by atoms with E-state index < -0.39 is 20.0 Å². The second-order valence-corrected chi connectivity index (χ2v) is 11.6. The fourth-order valence-corrected chi connectivity index (χ4v) is 6.29. The van der Waals surface area contributed by atoms with Crippen molar-refractivity contribution in [2.24, 2.45) is 4.40 Å². The van der Waals surface area contributed by atoms with Gasteiger partial charge < -0.3 is 5.32 Å². The van der Waals surface area contributed by atoms with Crippen molar-refractivity contribution >= 4 is 42.9 Å². The molecular weight excluding hydrogens is 432 g/mol. The molecule has 156 valence electrons. The zero-order valence-electron chi connectivity index (χ0n) is 15.9. The Balaban J connectivity index is 1.52. The molecule has 1 aromatic carbocycles. The molecule has 1 saturated heterocycles. The molecule has 2 aromatic rings. The zero-order valence-corrected chi connectivity index (χ0v) is 18.4. The van der Waals surface area contributed by atoms with Gasteiger partial charge in [-0.2, -0.15) is 8.42 Å². The number of rotatable bonds is 4. The Morgan fingerprint density at radius 1 is 1.17 bits per heavy atom. The third kappa shape index (κ3) is 4.53. The molecular formula is C18H22N4O4S3. The van der Waals surface area contributed by atoms with E-state index in [0.717, 1.165) is 10.4 Å². The van der Waals surface area contributed by atoms with Gasteiger partial charge in [0.1, 0.15) is 10.7 Å². The van der Waals surface area contributed by atoms with Gasteiger partial charge in [0.25, 0.3) is 10.0 Å². The average molecular weight is 455 g/mol. The van der Waals surface area contributed by atoms with Gasteiger partial charge in [0.2, 0.25) is 10.0 Å². The Bertz CT molecular complexity index is 1140. The molecule has 0 saturated carbocycles. The molecule has 3 heterocycles. The van der Waals surface area contributed by atoms with Crippen molar-refractivity contribution in [2.45, 2.75) is 11.3 Å². The predicted octanol–water partition coefficient (Wildman–Crippen LogP) is 1.90. The topological polar surface area (TPSA) is 99.2 Å². The molecule has 0 radical (unpaired) electrons. The Kier molecular flexibility index (Phi) is 5.51. The van der Waals surface area contributed by atoms with Crippen molar-refractivity contribution in [1.82, 2.24) is 9.21 Å². The number of nitrogens with one attached hydrogen (secondary N) is 1. The summed E-state index contributed by atoms with van der Waals surface area (Å²) in [6, 6.07) is 9.19. The first-order chi connectivity index (χ1) is 13.7. The minimum atomic E-state index is -3.80. The third-order valence-corrected chi connectivity index (χ3v) is 8.54. The van der Waals surface area contributed by atoms with Crippen molar-refractivity contribution < 1.29 is 16.8 Å². The molecule has 29 heavy (non-hydrogen) atoms. The summed E-state index contributed by atoms with van der Waals surface area (Å²) in [4.78, 5) is 3.20. The molecule has 1 N–H and O–H groups in total. The van der Waals surface area contributed by atoms with Gasteiger partial charge in [-0.1, -0.05) is 12.1 Å². The minimum Gasteiger partial charge on any atom is -0.341 e. The lowest BCUT2D eigenvalue weighted by atomic mass is 10.1. The normalized spacial score (nSPS) is 20.4. The van der Waals surface area contributed by atoms with E-state index in [0.29, 0.717) is 50.7 Å². The first-order valence-electron chi connectivity index (χ1n) is 9.19. The highest BCUT2D eigenvalue weighted by Gasteiger charge is 2.28. The number of anilines is 1. The molecule has 2 aliphatic heterocycles. The minimum absolute atomic E-state index is 0.172. The quantitative estimate of drug-likeness (QED) is 0.758. The Morgan fingerprint density at radius 3 is 2.72 bits per heavy atom. The lowest BCUT2D eigenvalue weighted by molar-refractivity contribution is 0.325. The van der Waals surface area contributed by atoms with Crippen molar-refractivity contribution in [3.8, 4) is 10.4 Å². The number of nitrogens with zero attached hydrogens (tertiary/aromatic N) is 3. The second-order valence-electron chi connectivity index (χ2n) is 7.12. The Hall–Kier alpha value is -1.79. The van der Waals surface area contributed by atoms with Crippen LogP contribution in [-0.2, 0) is 20.0 Å². The van der Waals surface area contributed by atoms with Crippen LogP contribution in [0.15, 0.2) is 45.0 Å². The zero-order chi connectivity index (χ0) is 20.6. The van der Waals surface area contributed by atoms with Crippen LogP contribution in [0.3, 0.4) is 0 Å². The van der Waals surface area contributed by atoms with E-state index in [1.807, 2.05) is 28.5 Å². The number of thiophene rings is 1. The smallest absolute Gasteiger partial charge is 0.286 e. The van der Waals surface area contributed by atoms with Crippen molar-refractivity contribution in [1.29, 1.82) is 0 Å². The molecule has 8 nitrogen and oxygen atoms in total. The van der Waals surface area contributed by atoms with Crippen LogP contribution in [0.5, 0.6) is 0 Å². The fraction of sp³-hybridized carbons (Fsp3) is 0.389. The van der Waals surface area contributed by atoms with E-state index in [4.69, 9.17) is 0 Å². The maximum Gasteiger partial charge on any atom is 0.286 e. The summed E-state index contributed by atoms with van der Waals surface area (Å²) in [5.41, 5.74) is 1.36. The molecule has 0 amide bonds. The van der Waals surface area contributed by atoms with E-state index >= 15 is 0 Å². The van der Waals surface area contributed by atoms with Crippen LogP contribution in [-0.4, -0.2) is 70.9 Å². The standard InChI is InChI=1S/C18H22N4O4S3/c1-28(23,24)22-8-3-7-21(9-10-22)13-18-19-15-6-5-14(16-4-2-11-27-16)12-17(15)29(25,26)20-18/h2,4-6,11-12H,3,7-10,13H2,1H3,(H,19,20). The van der Waals surface area contributed by atoms with Crippen molar-refractivity contribution in [3.63, 3.8) is 0 Å². The maximum absolute atomic E-state index is 12.8. The SMILES string of the molecule is CS(=O)(=O)N1CCCN(CC2=NS(=O)(=O)c3cc(-c4cccs4)ccc3N2)CC1. The highest BCUT2D eigenvalue weighted by molar-refractivity contribution is 7.90. The van der Waals surface area contributed by atoms with Crippen LogP contribution in [0.4, 0.5) is 5.69 Å². The van der Waals surface area contributed by atoms with Crippen LogP contribution in [0.2, 0.25) is 0 Å². The first-order valence-corrected chi connectivity index (χ1v) is 13.4. The lowest BCUT2D eigenvalue weighted by Gasteiger charge is -2.24. The van der Waals surface area contributed by atoms with Gasteiger partial charge in [-0.3, -0.25) is 4.90 Å². The van der Waals surface area contributed by atoms with Crippen LogP contribution in [0, 0.1) is 0 Å². The predicted molar refractivity (Wildman–Crippen MR) is 115 cm³/mol. The number of amidine groups is 1. The van der Waals surface area contributed by atoms with Gasteiger partial charge in [0.05, 0.1) is 18.5 Å². The number of benzene rings is 1. The number of hydrogen-bond acceptors (Lipinski definition) is 7. The highest BCUT2D eigenvalue weighted by atomic mass is 32.2. The number of sulfonamides is 2. The van der Waals surface area contributed by atoms with Gasteiger partial charge in [-0.15, -0.1) is 15.7 Å². The van der Waals surface area contributed by atoms with Crippen LogP contribution in [0.25, 0.3) is 10.4 Å². The summed E-state index contributed by atoms with van der Waals surface area (Å²) < 4.78 is 54.5. The molecule has 2 aliphatic rings. The molecule has 1 fully saturated rings. The van der Waals surface area contributed by atoms with Gasteiger partial charge in [-0.05, 0) is 42.1 Å². The number of hydrogen-bond donors (Lipinski definition) is 1. The van der Waals surface area contributed by atoms with Gasteiger partial charge >= 0.3 is 0 Å². The van der Waals surface area contributed by atoms with Gasteiger partial charge in [-0.25, -0.2) is 12.7 Å². The van der Waals surface area contributed by atoms with Gasteiger partial charge in [0, 0.05) is 24.5 Å². The molecule has 11 heteroatoms. The maximum atomic E-state index is 12.8. The van der Waals surface area contributed by atoms with E-state index in [1.54, 1.807) is 23.5 Å². The molecule has 4 rings (SSSR count). The number of fused-ring (bicyclic) bond motifs is 1. The summed E-state index contributed by atoms with van der Waals surface area (Å²) in [6.45, 7) is 2.39. The fourth-order valence-electron chi connectivity index (χ4n) is 3.52. The Labute approximate surface area is 175 Å². The second kappa shape index (κ2) is 7.80. The molecule has 1 aromatic heterocycles. The molecule has 0 unspecified atom stereocenters. The van der Waals surface area contributed by atoms with E-state index in [1.165, 1.54) is 10.6 Å². The van der Waals surface area contributed by atoms with E-state index in [2.05, 4.69) is 9.71 Å². The van der Waals surface area contributed by atoms with E-state index in [9.17, 15) is 16.8 Å². The van der Waals surface area contributed by atoms with Crippen LogP contribution in [0.1, 0.15) is 6.42 Å². The first kappa shape index (κ1) is 20.5. The summed E-state index contributed by atoms with van der Waals surface area (Å²) in [6.07, 6.45) is 1.90. The highest BCUT2D eigenvalue weighted by Crippen LogP contribution is 2.33. The third-order valence-electron chi connectivity index (χ3n) is 4.96. The van der Waals surface area contributed by atoms with Gasteiger partial charge in [0.15, 0.2) is 0 Å². The molecule has 0 bridgehead atoms. The Morgan fingerprint density at radius 2 is 2.00 bits per heavy atom. The van der Waals surface area contributed by atoms with Crippen LogP contribution >= 0.6 is 11.3 Å².